The number of benzene rings is 1. The van der Waals surface area contributed by atoms with E-state index in [2.05, 4.69) is 20.6 Å². The topological polar surface area (TPSA) is 62.2 Å². The van der Waals surface area contributed by atoms with E-state index in [4.69, 9.17) is 0 Å². The third-order valence-electron chi connectivity index (χ3n) is 4.74. The van der Waals surface area contributed by atoms with Gasteiger partial charge in [-0.1, -0.05) is 0 Å². The molecule has 1 aromatic carbocycles. The molecule has 3 rings (SSSR count). The molecule has 1 saturated heterocycles. The summed E-state index contributed by atoms with van der Waals surface area (Å²) in [4.78, 5) is 15.0. The van der Waals surface area contributed by atoms with Gasteiger partial charge in [0.25, 0.3) is 5.91 Å². The summed E-state index contributed by atoms with van der Waals surface area (Å²) in [5.41, 5.74) is 2.77. The molecule has 0 saturated carbocycles. The van der Waals surface area contributed by atoms with Gasteiger partial charge in [0.05, 0.1) is 22.6 Å². The molecular weight excluding hydrogens is 333 g/mol. The molecule has 7 heteroatoms. The highest BCUT2D eigenvalue weighted by atomic mass is 19.1. The summed E-state index contributed by atoms with van der Waals surface area (Å²) < 4.78 is 14.8. The molecule has 0 spiro atoms. The van der Waals surface area contributed by atoms with E-state index in [1.807, 2.05) is 13.8 Å². The Kier molecular flexibility index (Phi) is 6.00. The molecule has 1 amide bonds. The largest absolute Gasteiger partial charge is 0.352 e. The molecule has 0 atom stereocenters. The predicted octanol–water partition coefficient (Wildman–Crippen LogP) is 1.65. The molecule has 1 aromatic heterocycles. The van der Waals surface area contributed by atoms with E-state index in [0.717, 1.165) is 50.5 Å². The predicted molar refractivity (Wildman–Crippen MR) is 99.3 cm³/mol. The molecule has 0 unspecified atom stereocenters. The summed E-state index contributed by atoms with van der Waals surface area (Å²) in [5, 5.41) is 10.8. The normalized spacial score (nSPS) is 15.2. The maximum Gasteiger partial charge on any atom is 0.255 e. The van der Waals surface area contributed by atoms with Gasteiger partial charge in [0.1, 0.15) is 5.82 Å². The first-order chi connectivity index (χ1) is 12.6. The fourth-order valence-corrected chi connectivity index (χ4v) is 3.33. The molecule has 0 bridgehead atoms. The maximum atomic E-state index is 13.1. The van der Waals surface area contributed by atoms with Crippen molar-refractivity contribution in [1.29, 1.82) is 0 Å². The molecule has 6 nitrogen and oxygen atoms in total. The Morgan fingerprint density at radius 1 is 1.23 bits per heavy atom. The Morgan fingerprint density at radius 2 is 1.92 bits per heavy atom. The third kappa shape index (κ3) is 4.28. The zero-order valence-corrected chi connectivity index (χ0v) is 15.4. The van der Waals surface area contributed by atoms with Crippen LogP contribution < -0.4 is 10.6 Å². The lowest BCUT2D eigenvalue weighted by Gasteiger charge is -2.27. The van der Waals surface area contributed by atoms with Crippen LogP contribution in [0.4, 0.5) is 4.39 Å². The Bertz CT molecular complexity index is 750. The zero-order valence-electron chi connectivity index (χ0n) is 15.4. The van der Waals surface area contributed by atoms with Crippen LogP contribution in [0.2, 0.25) is 0 Å². The van der Waals surface area contributed by atoms with Crippen molar-refractivity contribution in [2.45, 2.75) is 20.3 Å². The Morgan fingerprint density at radius 3 is 2.62 bits per heavy atom. The minimum Gasteiger partial charge on any atom is -0.352 e. The summed E-state index contributed by atoms with van der Waals surface area (Å²) in [6.45, 7) is 9.52. The molecule has 26 heavy (non-hydrogen) atoms. The van der Waals surface area contributed by atoms with Crippen LogP contribution in [0.3, 0.4) is 0 Å². The van der Waals surface area contributed by atoms with Crippen molar-refractivity contribution in [3.63, 3.8) is 0 Å². The third-order valence-corrected chi connectivity index (χ3v) is 4.74. The number of piperazine rings is 1. The smallest absolute Gasteiger partial charge is 0.255 e. The number of hydrogen-bond acceptors (Lipinski definition) is 4. The molecule has 2 N–H and O–H groups in total. The number of amides is 1. The fraction of sp³-hybridized carbons (Fsp3) is 0.474. The number of nitrogens with one attached hydrogen (secondary N) is 2. The van der Waals surface area contributed by atoms with E-state index in [9.17, 15) is 9.18 Å². The van der Waals surface area contributed by atoms with E-state index in [0.29, 0.717) is 17.8 Å². The molecule has 1 aliphatic rings. The zero-order chi connectivity index (χ0) is 18.5. The summed E-state index contributed by atoms with van der Waals surface area (Å²) in [7, 11) is 0. The van der Waals surface area contributed by atoms with Crippen LogP contribution in [0.1, 0.15) is 28.2 Å². The van der Waals surface area contributed by atoms with Crippen molar-refractivity contribution in [3.05, 3.63) is 47.0 Å². The highest BCUT2D eigenvalue weighted by Crippen LogP contribution is 2.18. The van der Waals surface area contributed by atoms with Gasteiger partial charge in [0.15, 0.2) is 0 Å². The molecule has 1 aliphatic heterocycles. The second-order valence-electron chi connectivity index (χ2n) is 6.64. The average molecular weight is 359 g/mol. The highest BCUT2D eigenvalue weighted by molar-refractivity contribution is 5.96. The molecule has 1 fully saturated rings. The summed E-state index contributed by atoms with van der Waals surface area (Å²) in [6, 6.07) is 6.09. The molecular formula is C19H26FN5O. The van der Waals surface area contributed by atoms with Crippen LogP contribution in [0.5, 0.6) is 0 Å². The van der Waals surface area contributed by atoms with Gasteiger partial charge in [-0.2, -0.15) is 5.10 Å². The minimum absolute atomic E-state index is 0.103. The number of aryl methyl sites for hydroxylation is 1. The van der Waals surface area contributed by atoms with Crippen molar-refractivity contribution >= 4 is 5.91 Å². The van der Waals surface area contributed by atoms with Gasteiger partial charge >= 0.3 is 0 Å². The molecule has 2 aromatic rings. The SMILES string of the molecule is Cc1nn(-c2ccc(F)cc2)c(C)c1C(=O)NCCCN1CCNCC1. The Labute approximate surface area is 153 Å². The summed E-state index contributed by atoms with van der Waals surface area (Å²) in [6.07, 6.45) is 0.927. The van der Waals surface area contributed by atoms with Crippen molar-refractivity contribution in [2.24, 2.45) is 0 Å². The maximum absolute atomic E-state index is 13.1. The number of carbonyl (C=O) groups excluding carboxylic acids is 1. The lowest BCUT2D eigenvalue weighted by atomic mass is 10.2. The van der Waals surface area contributed by atoms with Crippen LogP contribution in [-0.4, -0.2) is 59.9 Å². The van der Waals surface area contributed by atoms with Gasteiger partial charge < -0.3 is 15.5 Å². The van der Waals surface area contributed by atoms with Gasteiger partial charge in [-0.25, -0.2) is 9.07 Å². The first kappa shape index (κ1) is 18.5. The van der Waals surface area contributed by atoms with E-state index >= 15 is 0 Å². The van der Waals surface area contributed by atoms with Gasteiger partial charge in [-0.15, -0.1) is 0 Å². The Balaban J connectivity index is 1.59. The van der Waals surface area contributed by atoms with Crippen molar-refractivity contribution in [1.82, 2.24) is 25.3 Å². The van der Waals surface area contributed by atoms with E-state index in [-0.39, 0.29) is 11.7 Å². The highest BCUT2D eigenvalue weighted by Gasteiger charge is 2.19. The number of carbonyl (C=O) groups is 1. The quantitative estimate of drug-likeness (QED) is 0.770. The van der Waals surface area contributed by atoms with Crippen LogP contribution in [0.15, 0.2) is 24.3 Å². The summed E-state index contributed by atoms with van der Waals surface area (Å²) in [5.74, 6) is -0.397. The monoisotopic (exact) mass is 359 g/mol. The van der Waals surface area contributed by atoms with Crippen LogP contribution in [-0.2, 0) is 0 Å². The van der Waals surface area contributed by atoms with Crippen molar-refractivity contribution < 1.29 is 9.18 Å². The van der Waals surface area contributed by atoms with Gasteiger partial charge in [0, 0.05) is 32.7 Å². The van der Waals surface area contributed by atoms with E-state index in [1.54, 1.807) is 16.8 Å². The van der Waals surface area contributed by atoms with E-state index in [1.165, 1.54) is 12.1 Å². The van der Waals surface area contributed by atoms with Gasteiger partial charge in [0.2, 0.25) is 0 Å². The molecule has 0 aliphatic carbocycles. The number of aromatic nitrogens is 2. The lowest BCUT2D eigenvalue weighted by Crippen LogP contribution is -2.44. The molecule has 0 radical (unpaired) electrons. The van der Waals surface area contributed by atoms with Crippen molar-refractivity contribution in [3.8, 4) is 5.69 Å². The molecule has 2 heterocycles. The molecule has 140 valence electrons. The number of halogens is 1. The van der Waals surface area contributed by atoms with Gasteiger partial charge in [-0.05, 0) is 51.1 Å². The summed E-state index contributed by atoms with van der Waals surface area (Å²) >= 11 is 0. The van der Waals surface area contributed by atoms with E-state index < -0.39 is 0 Å². The number of nitrogens with zero attached hydrogens (tertiary/aromatic N) is 3. The number of hydrogen-bond donors (Lipinski definition) is 2. The fourth-order valence-electron chi connectivity index (χ4n) is 3.33. The Hall–Kier alpha value is -2.25. The first-order valence-corrected chi connectivity index (χ1v) is 9.09. The van der Waals surface area contributed by atoms with Crippen LogP contribution >= 0.6 is 0 Å². The lowest BCUT2D eigenvalue weighted by molar-refractivity contribution is 0.0950. The second-order valence-corrected chi connectivity index (χ2v) is 6.64. The van der Waals surface area contributed by atoms with Crippen LogP contribution in [0, 0.1) is 19.7 Å². The first-order valence-electron chi connectivity index (χ1n) is 9.09. The standard InChI is InChI=1S/C19H26FN5O/c1-14-18(15(2)25(23-14)17-6-4-16(20)5-7-17)19(26)22-8-3-11-24-12-9-21-10-13-24/h4-7,21H,3,8-13H2,1-2H3,(H,22,26). The average Bonchev–Trinajstić information content (AvgIpc) is 2.94. The second kappa shape index (κ2) is 8.42. The minimum atomic E-state index is -0.294. The van der Waals surface area contributed by atoms with Crippen molar-refractivity contribution in [2.75, 3.05) is 39.3 Å². The van der Waals surface area contributed by atoms with Crippen LogP contribution in [0.25, 0.3) is 5.69 Å². The number of rotatable bonds is 6. The van der Waals surface area contributed by atoms with Gasteiger partial charge in [-0.3, -0.25) is 4.79 Å².